The maximum Gasteiger partial charge on any atom is 0.206 e. The molecule has 0 atom stereocenters. The fraction of sp³-hybridized carbons (Fsp3) is 0. The fourth-order valence-electron chi connectivity index (χ4n) is 2.07. The van der Waals surface area contributed by atoms with Gasteiger partial charge in [0.25, 0.3) is 0 Å². The van der Waals surface area contributed by atoms with Gasteiger partial charge in [0.1, 0.15) is 11.4 Å². The molecule has 0 aliphatic carbocycles. The number of phenols is 1. The molecule has 0 fully saturated rings. The van der Waals surface area contributed by atoms with E-state index in [1.165, 1.54) is 0 Å². The number of phenolic OH excluding ortho intramolecular Hbond substituents is 1. The van der Waals surface area contributed by atoms with Gasteiger partial charge in [0.15, 0.2) is 0 Å². The fourth-order valence-corrected chi connectivity index (χ4v) is 2.07. The van der Waals surface area contributed by atoms with Gasteiger partial charge in [0.2, 0.25) is 5.95 Å². The molecule has 18 heavy (non-hydrogen) atoms. The molecule has 90 valence electrons. The standard InChI is InChI=1S/C13H12N4O/c14-8-4-3-7-11(18)12(8)17-10-6-2-1-5-9(10)16-13(17)15/h1-7,18H,14H2,(H2,15,16). The number of rotatable bonds is 1. The number of nitrogens with zero attached hydrogens (tertiary/aromatic N) is 2. The van der Waals surface area contributed by atoms with Crippen LogP contribution in [0, 0.1) is 0 Å². The summed E-state index contributed by atoms with van der Waals surface area (Å²) in [6.45, 7) is 0. The van der Waals surface area contributed by atoms with Crippen molar-refractivity contribution in [3.05, 3.63) is 42.5 Å². The zero-order valence-electron chi connectivity index (χ0n) is 9.54. The van der Waals surface area contributed by atoms with Gasteiger partial charge >= 0.3 is 0 Å². The summed E-state index contributed by atoms with van der Waals surface area (Å²) in [5.74, 6) is 0.370. The maximum absolute atomic E-state index is 9.96. The summed E-state index contributed by atoms with van der Waals surface area (Å²) in [6, 6.07) is 12.5. The Morgan fingerprint density at radius 3 is 2.56 bits per heavy atom. The highest BCUT2D eigenvalue weighted by atomic mass is 16.3. The molecule has 1 aromatic heterocycles. The van der Waals surface area contributed by atoms with Crippen molar-refractivity contribution < 1.29 is 5.11 Å². The third-order valence-corrected chi connectivity index (χ3v) is 2.86. The number of nitrogens with two attached hydrogens (primary N) is 2. The molecule has 0 unspecified atom stereocenters. The van der Waals surface area contributed by atoms with Crippen LogP contribution >= 0.6 is 0 Å². The summed E-state index contributed by atoms with van der Waals surface area (Å²) in [5.41, 5.74) is 14.3. The van der Waals surface area contributed by atoms with Gasteiger partial charge < -0.3 is 16.6 Å². The summed E-state index contributed by atoms with van der Waals surface area (Å²) in [7, 11) is 0. The third kappa shape index (κ3) is 1.37. The second-order valence-corrected chi connectivity index (χ2v) is 4.01. The number of nitrogen functional groups attached to an aromatic ring is 2. The van der Waals surface area contributed by atoms with Gasteiger partial charge in [-0.3, -0.25) is 4.57 Å². The molecule has 3 aromatic rings. The molecule has 0 bridgehead atoms. The van der Waals surface area contributed by atoms with Crippen molar-refractivity contribution in [1.29, 1.82) is 0 Å². The topological polar surface area (TPSA) is 90.1 Å². The number of fused-ring (bicyclic) bond motifs is 1. The first-order valence-corrected chi connectivity index (χ1v) is 5.49. The summed E-state index contributed by atoms with van der Waals surface area (Å²) in [4.78, 5) is 4.25. The number of para-hydroxylation sites is 3. The largest absolute Gasteiger partial charge is 0.506 e. The highest BCUT2D eigenvalue weighted by molar-refractivity contribution is 5.83. The van der Waals surface area contributed by atoms with E-state index in [9.17, 15) is 5.11 Å². The molecule has 5 nitrogen and oxygen atoms in total. The molecule has 5 heteroatoms. The van der Waals surface area contributed by atoms with E-state index >= 15 is 0 Å². The van der Waals surface area contributed by atoms with Gasteiger partial charge in [-0.1, -0.05) is 18.2 Å². The third-order valence-electron chi connectivity index (χ3n) is 2.86. The van der Waals surface area contributed by atoms with Crippen LogP contribution in [0.15, 0.2) is 42.5 Å². The van der Waals surface area contributed by atoms with E-state index in [-0.39, 0.29) is 5.75 Å². The Kier molecular flexibility index (Phi) is 2.13. The van der Waals surface area contributed by atoms with Crippen LogP contribution in [0.5, 0.6) is 5.75 Å². The van der Waals surface area contributed by atoms with Crippen molar-refractivity contribution in [2.75, 3.05) is 11.5 Å². The summed E-state index contributed by atoms with van der Waals surface area (Å²) in [5, 5.41) is 9.96. The summed E-state index contributed by atoms with van der Waals surface area (Å²) < 4.78 is 1.65. The molecule has 3 rings (SSSR count). The summed E-state index contributed by atoms with van der Waals surface area (Å²) in [6.07, 6.45) is 0. The van der Waals surface area contributed by atoms with Crippen molar-refractivity contribution >= 4 is 22.7 Å². The van der Waals surface area contributed by atoms with Crippen LogP contribution in [-0.4, -0.2) is 14.7 Å². The molecular weight excluding hydrogens is 228 g/mol. The lowest BCUT2D eigenvalue weighted by molar-refractivity contribution is 0.473. The molecule has 0 aliphatic heterocycles. The quantitative estimate of drug-likeness (QED) is 0.566. The number of aromatic nitrogens is 2. The van der Waals surface area contributed by atoms with Crippen LogP contribution in [-0.2, 0) is 0 Å². The van der Waals surface area contributed by atoms with E-state index in [1.807, 2.05) is 24.3 Å². The Morgan fingerprint density at radius 2 is 1.78 bits per heavy atom. The van der Waals surface area contributed by atoms with Crippen LogP contribution < -0.4 is 11.5 Å². The van der Waals surface area contributed by atoms with Crippen molar-refractivity contribution in [2.24, 2.45) is 0 Å². The molecule has 0 spiro atoms. The Balaban J connectivity index is 2.42. The minimum atomic E-state index is 0.0739. The van der Waals surface area contributed by atoms with E-state index in [4.69, 9.17) is 11.5 Å². The predicted octanol–water partition coefficient (Wildman–Crippen LogP) is 1.90. The molecular formula is C13H12N4O. The zero-order chi connectivity index (χ0) is 12.7. The molecule has 0 amide bonds. The Morgan fingerprint density at radius 1 is 1.00 bits per heavy atom. The van der Waals surface area contributed by atoms with E-state index in [2.05, 4.69) is 4.98 Å². The first-order valence-electron chi connectivity index (χ1n) is 5.49. The van der Waals surface area contributed by atoms with Gasteiger partial charge in [0, 0.05) is 0 Å². The Labute approximate surface area is 103 Å². The van der Waals surface area contributed by atoms with Gasteiger partial charge in [0.05, 0.1) is 16.7 Å². The Bertz CT molecular complexity index is 713. The van der Waals surface area contributed by atoms with E-state index in [0.29, 0.717) is 17.3 Å². The van der Waals surface area contributed by atoms with Gasteiger partial charge in [-0.25, -0.2) is 4.98 Å². The minimum absolute atomic E-state index is 0.0739. The molecule has 0 saturated heterocycles. The van der Waals surface area contributed by atoms with Crippen molar-refractivity contribution in [3.8, 4) is 11.4 Å². The van der Waals surface area contributed by atoms with Crippen LogP contribution in [0.1, 0.15) is 0 Å². The first kappa shape index (κ1) is 10.5. The van der Waals surface area contributed by atoms with E-state index < -0.39 is 0 Å². The number of imidazole rings is 1. The van der Waals surface area contributed by atoms with Gasteiger partial charge in [-0.05, 0) is 24.3 Å². The molecule has 1 heterocycles. The monoisotopic (exact) mass is 240 g/mol. The Hall–Kier alpha value is -2.69. The number of hydrogen-bond acceptors (Lipinski definition) is 4. The number of benzene rings is 2. The van der Waals surface area contributed by atoms with Gasteiger partial charge in [-0.15, -0.1) is 0 Å². The lowest BCUT2D eigenvalue weighted by Crippen LogP contribution is -2.04. The van der Waals surface area contributed by atoms with Crippen LogP contribution in [0.4, 0.5) is 11.6 Å². The van der Waals surface area contributed by atoms with Gasteiger partial charge in [-0.2, -0.15) is 0 Å². The highest BCUT2D eigenvalue weighted by Gasteiger charge is 2.14. The average molecular weight is 240 g/mol. The summed E-state index contributed by atoms with van der Waals surface area (Å²) >= 11 is 0. The SMILES string of the molecule is Nc1cccc(O)c1-n1c(N)nc2ccccc21. The first-order chi connectivity index (χ1) is 8.68. The predicted molar refractivity (Wildman–Crippen MR) is 71.6 cm³/mol. The molecule has 0 aliphatic rings. The van der Waals surface area contributed by atoms with E-state index in [1.54, 1.807) is 22.8 Å². The van der Waals surface area contributed by atoms with Crippen molar-refractivity contribution in [3.63, 3.8) is 0 Å². The maximum atomic E-state index is 9.96. The molecule has 2 aromatic carbocycles. The van der Waals surface area contributed by atoms with Crippen LogP contribution in [0.3, 0.4) is 0 Å². The number of hydrogen-bond donors (Lipinski definition) is 3. The minimum Gasteiger partial charge on any atom is -0.506 e. The number of anilines is 2. The smallest absolute Gasteiger partial charge is 0.206 e. The van der Waals surface area contributed by atoms with Crippen molar-refractivity contribution in [1.82, 2.24) is 9.55 Å². The normalized spacial score (nSPS) is 10.9. The average Bonchev–Trinajstić information content (AvgIpc) is 2.66. The van der Waals surface area contributed by atoms with E-state index in [0.717, 1.165) is 11.0 Å². The van der Waals surface area contributed by atoms with Crippen molar-refractivity contribution in [2.45, 2.75) is 0 Å². The number of aromatic hydroxyl groups is 1. The molecule has 0 saturated carbocycles. The lowest BCUT2D eigenvalue weighted by Gasteiger charge is -2.11. The highest BCUT2D eigenvalue weighted by Crippen LogP contribution is 2.32. The van der Waals surface area contributed by atoms with Crippen LogP contribution in [0.25, 0.3) is 16.7 Å². The zero-order valence-corrected chi connectivity index (χ0v) is 9.54. The lowest BCUT2D eigenvalue weighted by atomic mass is 10.2. The molecule has 5 N–H and O–H groups in total. The second-order valence-electron chi connectivity index (χ2n) is 4.01. The second kappa shape index (κ2) is 3.66. The van der Waals surface area contributed by atoms with Crippen LogP contribution in [0.2, 0.25) is 0 Å². The molecule has 0 radical (unpaired) electrons.